The van der Waals surface area contributed by atoms with Crippen molar-refractivity contribution in [3.63, 3.8) is 0 Å². The van der Waals surface area contributed by atoms with Crippen LogP contribution in [-0.4, -0.2) is 37.8 Å². The lowest BCUT2D eigenvalue weighted by atomic mass is 9.97. The number of hydrogen-bond acceptors (Lipinski definition) is 6. The maximum absolute atomic E-state index is 12.3. The van der Waals surface area contributed by atoms with Crippen LogP contribution in [0.3, 0.4) is 0 Å². The number of aromatic nitrogens is 5. The number of hydrogen-bond donors (Lipinski definition) is 2. The highest BCUT2D eigenvalue weighted by molar-refractivity contribution is 5.42. The van der Waals surface area contributed by atoms with Gasteiger partial charge in [-0.3, -0.25) is 0 Å². The molecule has 1 aliphatic rings. The van der Waals surface area contributed by atoms with E-state index in [2.05, 4.69) is 25.1 Å². The summed E-state index contributed by atoms with van der Waals surface area (Å²) in [5.41, 5.74) is 6.30. The Hall–Kier alpha value is -3.16. The van der Waals surface area contributed by atoms with E-state index >= 15 is 0 Å². The second-order valence-electron chi connectivity index (χ2n) is 6.12. The second kappa shape index (κ2) is 6.39. The molecule has 0 bridgehead atoms. The van der Waals surface area contributed by atoms with Crippen LogP contribution in [0.25, 0.3) is 5.69 Å². The van der Waals surface area contributed by atoms with Gasteiger partial charge in [-0.25, -0.2) is 19.4 Å². The van der Waals surface area contributed by atoms with Gasteiger partial charge in [0.15, 0.2) is 0 Å². The third kappa shape index (κ3) is 2.98. The molecule has 0 unspecified atom stereocenters. The average molecular weight is 337 g/mol. The zero-order valence-electron chi connectivity index (χ0n) is 13.7. The smallest absolute Gasteiger partial charge is 0.347 e. The fraction of sp³-hybridized carbons (Fsp3) is 0.294. The zero-order chi connectivity index (χ0) is 17.2. The van der Waals surface area contributed by atoms with Gasteiger partial charge in [-0.1, -0.05) is 18.2 Å². The summed E-state index contributed by atoms with van der Waals surface area (Å²) in [5, 5.41) is 6.89. The van der Waals surface area contributed by atoms with Crippen molar-refractivity contribution in [2.24, 2.45) is 0 Å². The first-order valence-corrected chi connectivity index (χ1v) is 8.28. The number of nitrogens with zero attached hydrogens (tertiary/aromatic N) is 5. The maximum Gasteiger partial charge on any atom is 0.347 e. The predicted octanol–water partition coefficient (Wildman–Crippen LogP) is 1.32. The Balaban J connectivity index is 1.66. The average Bonchev–Trinajstić information content (AvgIpc) is 3.04. The number of H-pyrrole nitrogens is 1. The summed E-state index contributed by atoms with van der Waals surface area (Å²) in [5.74, 6) is 1.95. The van der Waals surface area contributed by atoms with Crippen LogP contribution in [0.2, 0.25) is 0 Å². The highest BCUT2D eigenvalue weighted by Crippen LogP contribution is 2.28. The molecule has 128 valence electrons. The van der Waals surface area contributed by atoms with Crippen LogP contribution in [0.4, 0.5) is 11.8 Å². The lowest BCUT2D eigenvalue weighted by molar-refractivity contribution is 0.483. The molecular formula is C17H19N7O. The molecular weight excluding hydrogens is 318 g/mol. The number of para-hydroxylation sites is 1. The molecule has 25 heavy (non-hydrogen) atoms. The van der Waals surface area contributed by atoms with Gasteiger partial charge in [0, 0.05) is 25.2 Å². The number of anilines is 2. The number of rotatable bonds is 3. The highest BCUT2D eigenvalue weighted by Gasteiger charge is 2.27. The predicted molar refractivity (Wildman–Crippen MR) is 94.8 cm³/mol. The van der Waals surface area contributed by atoms with Crippen LogP contribution in [0, 0.1) is 0 Å². The van der Waals surface area contributed by atoms with Gasteiger partial charge in [-0.2, -0.15) is 10.1 Å². The van der Waals surface area contributed by atoms with Gasteiger partial charge < -0.3 is 10.6 Å². The molecule has 3 aromatic rings. The van der Waals surface area contributed by atoms with Crippen LogP contribution >= 0.6 is 0 Å². The third-order valence-corrected chi connectivity index (χ3v) is 4.48. The van der Waals surface area contributed by atoms with Gasteiger partial charge in [-0.05, 0) is 31.0 Å². The Labute approximate surface area is 144 Å². The van der Waals surface area contributed by atoms with Gasteiger partial charge in [0.1, 0.15) is 11.6 Å². The molecule has 0 saturated carbocycles. The fourth-order valence-corrected chi connectivity index (χ4v) is 3.35. The summed E-state index contributed by atoms with van der Waals surface area (Å²) in [7, 11) is 0. The number of aromatic amines is 1. The van der Waals surface area contributed by atoms with Crippen molar-refractivity contribution in [1.29, 1.82) is 0 Å². The highest BCUT2D eigenvalue weighted by atomic mass is 16.1. The van der Waals surface area contributed by atoms with Gasteiger partial charge in [0.25, 0.3) is 0 Å². The van der Waals surface area contributed by atoms with E-state index < -0.39 is 0 Å². The van der Waals surface area contributed by atoms with Crippen molar-refractivity contribution >= 4 is 11.8 Å². The SMILES string of the molecule is Nc1nccc(N2CCC[C@H](c3n[nH]c(=O)n3-c3ccccc3)C2)n1. The molecule has 2 aromatic heterocycles. The fourth-order valence-electron chi connectivity index (χ4n) is 3.35. The molecule has 1 saturated heterocycles. The van der Waals surface area contributed by atoms with E-state index in [-0.39, 0.29) is 17.6 Å². The normalized spacial score (nSPS) is 17.6. The first-order valence-electron chi connectivity index (χ1n) is 8.28. The number of piperidine rings is 1. The number of nitrogen functional groups attached to an aromatic ring is 1. The van der Waals surface area contributed by atoms with Crippen LogP contribution in [-0.2, 0) is 0 Å². The van der Waals surface area contributed by atoms with Gasteiger partial charge in [0.05, 0.1) is 5.69 Å². The van der Waals surface area contributed by atoms with E-state index in [1.807, 2.05) is 36.4 Å². The number of nitrogens with two attached hydrogens (primary N) is 1. The largest absolute Gasteiger partial charge is 0.368 e. The molecule has 3 heterocycles. The van der Waals surface area contributed by atoms with Crippen molar-refractivity contribution < 1.29 is 0 Å². The molecule has 1 fully saturated rings. The molecule has 3 N–H and O–H groups in total. The lowest BCUT2D eigenvalue weighted by Gasteiger charge is -2.33. The maximum atomic E-state index is 12.3. The summed E-state index contributed by atoms with van der Waals surface area (Å²) in [6.07, 6.45) is 3.62. The molecule has 4 rings (SSSR count). The minimum absolute atomic E-state index is 0.129. The molecule has 1 aromatic carbocycles. The molecule has 0 aliphatic carbocycles. The molecule has 8 heteroatoms. The standard InChI is InChI=1S/C17H19N7O/c18-16-19-9-8-14(20-16)23-10-4-5-12(11-23)15-21-22-17(25)24(15)13-6-2-1-3-7-13/h1-3,6-9,12H,4-5,10-11H2,(H,22,25)(H2,18,19,20)/t12-/m0/s1. The molecule has 1 aliphatic heterocycles. The zero-order valence-corrected chi connectivity index (χ0v) is 13.7. The third-order valence-electron chi connectivity index (χ3n) is 4.48. The Kier molecular flexibility index (Phi) is 3.93. The van der Waals surface area contributed by atoms with Crippen molar-refractivity contribution in [1.82, 2.24) is 24.7 Å². The minimum Gasteiger partial charge on any atom is -0.368 e. The number of benzene rings is 1. The Morgan fingerprint density at radius 2 is 2.04 bits per heavy atom. The van der Waals surface area contributed by atoms with E-state index in [4.69, 9.17) is 5.73 Å². The Bertz CT molecular complexity index is 918. The van der Waals surface area contributed by atoms with Crippen LogP contribution < -0.4 is 16.3 Å². The summed E-state index contributed by atoms with van der Waals surface area (Å²) in [6, 6.07) is 11.4. The molecule has 0 radical (unpaired) electrons. The Morgan fingerprint density at radius 3 is 2.84 bits per heavy atom. The van der Waals surface area contributed by atoms with Crippen LogP contribution in [0.1, 0.15) is 24.6 Å². The molecule has 1 atom stereocenters. The van der Waals surface area contributed by atoms with E-state index in [1.165, 1.54) is 0 Å². The van der Waals surface area contributed by atoms with Crippen LogP contribution in [0.5, 0.6) is 0 Å². The summed E-state index contributed by atoms with van der Waals surface area (Å²) >= 11 is 0. The van der Waals surface area contributed by atoms with E-state index in [0.29, 0.717) is 0 Å². The Morgan fingerprint density at radius 1 is 1.20 bits per heavy atom. The van der Waals surface area contributed by atoms with Crippen molar-refractivity contribution in [2.45, 2.75) is 18.8 Å². The minimum atomic E-state index is -0.218. The van der Waals surface area contributed by atoms with Gasteiger partial charge in [0.2, 0.25) is 5.95 Å². The molecule has 0 spiro atoms. The summed E-state index contributed by atoms with van der Waals surface area (Å²) in [4.78, 5) is 22.7. The monoisotopic (exact) mass is 337 g/mol. The number of nitrogens with one attached hydrogen (secondary N) is 1. The molecule has 0 amide bonds. The van der Waals surface area contributed by atoms with Crippen molar-refractivity contribution in [3.8, 4) is 5.69 Å². The summed E-state index contributed by atoms with van der Waals surface area (Å²) in [6.45, 7) is 1.63. The quantitative estimate of drug-likeness (QED) is 0.746. The van der Waals surface area contributed by atoms with E-state index in [0.717, 1.165) is 43.3 Å². The van der Waals surface area contributed by atoms with E-state index in [1.54, 1.807) is 10.8 Å². The summed E-state index contributed by atoms with van der Waals surface area (Å²) < 4.78 is 1.66. The topological polar surface area (TPSA) is 106 Å². The van der Waals surface area contributed by atoms with Crippen molar-refractivity contribution in [2.75, 3.05) is 23.7 Å². The first-order chi connectivity index (χ1) is 12.2. The van der Waals surface area contributed by atoms with Gasteiger partial charge >= 0.3 is 5.69 Å². The van der Waals surface area contributed by atoms with Crippen LogP contribution in [0.15, 0.2) is 47.4 Å². The lowest BCUT2D eigenvalue weighted by Crippen LogP contribution is -2.36. The first kappa shape index (κ1) is 15.4. The van der Waals surface area contributed by atoms with Gasteiger partial charge in [-0.15, -0.1) is 0 Å². The van der Waals surface area contributed by atoms with Crippen molar-refractivity contribution in [3.05, 3.63) is 58.9 Å². The second-order valence-corrected chi connectivity index (χ2v) is 6.12. The van der Waals surface area contributed by atoms with E-state index in [9.17, 15) is 4.79 Å². The molecule has 8 nitrogen and oxygen atoms in total.